The van der Waals surface area contributed by atoms with E-state index in [1.165, 1.54) is 30.5 Å². The highest BCUT2D eigenvalue weighted by Gasteiger charge is 2.13. The van der Waals surface area contributed by atoms with Crippen LogP contribution in [-0.4, -0.2) is 36.6 Å². The second kappa shape index (κ2) is 9.67. The first-order valence-corrected chi connectivity index (χ1v) is 7.91. The Morgan fingerprint density at radius 2 is 1.92 bits per heavy atom. The Balaban J connectivity index is 1.70. The lowest BCUT2D eigenvalue weighted by molar-refractivity contribution is -0.124. The van der Waals surface area contributed by atoms with E-state index in [4.69, 9.17) is 16.3 Å². The molecule has 0 bridgehead atoms. The average Bonchev–Trinajstić information content (AvgIpc) is 2.61. The van der Waals surface area contributed by atoms with Crippen LogP contribution < -0.4 is 10.1 Å². The third kappa shape index (κ3) is 6.29. The molecule has 0 spiro atoms. The van der Waals surface area contributed by atoms with Crippen molar-refractivity contribution in [3.05, 3.63) is 58.9 Å². The number of benzene rings is 1. The number of alkyl halides is 2. The van der Waals surface area contributed by atoms with Gasteiger partial charge in [0, 0.05) is 12.7 Å². The summed E-state index contributed by atoms with van der Waals surface area (Å²) in [6.07, 6.45) is 1.90. The Morgan fingerprint density at radius 3 is 2.58 bits per heavy atom. The van der Waals surface area contributed by atoms with Crippen molar-refractivity contribution < 1.29 is 27.8 Å². The largest absolute Gasteiger partial charge is 0.452 e. The van der Waals surface area contributed by atoms with Crippen LogP contribution in [-0.2, 0) is 16.0 Å². The Bertz CT molecular complexity index is 757. The number of amides is 1. The van der Waals surface area contributed by atoms with Gasteiger partial charge in [-0.15, -0.1) is 0 Å². The molecule has 0 aliphatic heterocycles. The van der Waals surface area contributed by atoms with Crippen molar-refractivity contribution in [1.29, 1.82) is 0 Å². The van der Waals surface area contributed by atoms with Crippen molar-refractivity contribution in [3.8, 4) is 5.75 Å². The molecule has 1 amide bonds. The van der Waals surface area contributed by atoms with Gasteiger partial charge in [-0.2, -0.15) is 8.78 Å². The summed E-state index contributed by atoms with van der Waals surface area (Å²) in [5.74, 6) is -1.15. The van der Waals surface area contributed by atoms with Crippen molar-refractivity contribution in [2.45, 2.75) is 13.0 Å². The minimum atomic E-state index is -2.87. The van der Waals surface area contributed by atoms with Gasteiger partial charge < -0.3 is 14.8 Å². The van der Waals surface area contributed by atoms with Crippen LogP contribution in [0.3, 0.4) is 0 Å². The van der Waals surface area contributed by atoms with Gasteiger partial charge in [0.25, 0.3) is 5.91 Å². The quantitative estimate of drug-likeness (QED) is 0.559. The van der Waals surface area contributed by atoms with Crippen LogP contribution >= 0.6 is 11.6 Å². The number of nitrogens with zero attached hydrogens (tertiary/aromatic N) is 1. The van der Waals surface area contributed by atoms with Gasteiger partial charge in [0.05, 0.1) is 5.56 Å². The van der Waals surface area contributed by atoms with Gasteiger partial charge in [0.15, 0.2) is 6.61 Å². The van der Waals surface area contributed by atoms with Gasteiger partial charge in [0.2, 0.25) is 0 Å². The van der Waals surface area contributed by atoms with E-state index < -0.39 is 25.1 Å². The van der Waals surface area contributed by atoms with Crippen molar-refractivity contribution in [2.24, 2.45) is 0 Å². The number of rotatable bonds is 8. The molecule has 1 aromatic carbocycles. The molecule has 0 aliphatic rings. The zero-order valence-corrected chi connectivity index (χ0v) is 14.2. The highest BCUT2D eigenvalue weighted by atomic mass is 35.5. The summed E-state index contributed by atoms with van der Waals surface area (Å²) in [5.41, 5.74) is 0.902. The van der Waals surface area contributed by atoms with E-state index >= 15 is 0 Å². The zero-order chi connectivity index (χ0) is 18.9. The van der Waals surface area contributed by atoms with Gasteiger partial charge in [0.1, 0.15) is 10.9 Å². The van der Waals surface area contributed by atoms with Gasteiger partial charge in [-0.05, 0) is 36.2 Å². The molecular formula is C17H15ClF2N2O4. The molecule has 0 fully saturated rings. The molecule has 9 heteroatoms. The van der Waals surface area contributed by atoms with Crippen LogP contribution in [0.4, 0.5) is 8.78 Å². The summed E-state index contributed by atoms with van der Waals surface area (Å²) in [6, 6.07) is 9.05. The van der Waals surface area contributed by atoms with Crippen molar-refractivity contribution in [3.63, 3.8) is 0 Å². The number of carbonyl (C=O) groups is 2. The summed E-state index contributed by atoms with van der Waals surface area (Å²) in [6.45, 7) is -3.03. The second-order valence-electron chi connectivity index (χ2n) is 5.04. The predicted octanol–water partition coefficient (Wildman–Crippen LogP) is 2.85. The maximum Gasteiger partial charge on any atom is 0.387 e. The van der Waals surface area contributed by atoms with E-state index in [-0.39, 0.29) is 16.5 Å². The first-order chi connectivity index (χ1) is 12.5. The third-order valence-electron chi connectivity index (χ3n) is 3.20. The fourth-order valence-electron chi connectivity index (χ4n) is 1.98. The lowest BCUT2D eigenvalue weighted by Gasteiger charge is -2.08. The lowest BCUT2D eigenvalue weighted by Crippen LogP contribution is -2.30. The number of hydrogen-bond acceptors (Lipinski definition) is 5. The number of aromatic nitrogens is 1. The van der Waals surface area contributed by atoms with Gasteiger partial charge in [-0.1, -0.05) is 23.7 Å². The minimum Gasteiger partial charge on any atom is -0.452 e. The summed E-state index contributed by atoms with van der Waals surface area (Å²) >= 11 is 5.76. The summed E-state index contributed by atoms with van der Waals surface area (Å²) in [7, 11) is 0. The third-order valence-corrected chi connectivity index (χ3v) is 3.50. The number of pyridine rings is 1. The van der Waals surface area contributed by atoms with Crippen LogP contribution in [0, 0.1) is 0 Å². The molecule has 0 radical (unpaired) electrons. The molecule has 0 unspecified atom stereocenters. The van der Waals surface area contributed by atoms with Gasteiger partial charge in [-0.25, -0.2) is 9.78 Å². The fraction of sp³-hybridized carbons (Fsp3) is 0.235. The van der Waals surface area contributed by atoms with Crippen molar-refractivity contribution in [1.82, 2.24) is 10.3 Å². The minimum absolute atomic E-state index is 0.00261. The van der Waals surface area contributed by atoms with E-state index in [1.54, 1.807) is 12.1 Å². The zero-order valence-electron chi connectivity index (χ0n) is 13.5. The smallest absolute Gasteiger partial charge is 0.387 e. The van der Waals surface area contributed by atoms with Gasteiger partial charge >= 0.3 is 12.6 Å². The summed E-state index contributed by atoms with van der Waals surface area (Å²) in [5, 5.41) is 2.58. The Morgan fingerprint density at radius 1 is 1.19 bits per heavy atom. The molecule has 0 saturated carbocycles. The fourth-order valence-corrected chi connectivity index (χ4v) is 2.18. The molecule has 138 valence electrons. The van der Waals surface area contributed by atoms with E-state index in [1.807, 2.05) is 0 Å². The van der Waals surface area contributed by atoms with Crippen LogP contribution in [0.25, 0.3) is 0 Å². The number of esters is 1. The first-order valence-electron chi connectivity index (χ1n) is 7.54. The van der Waals surface area contributed by atoms with E-state index in [0.29, 0.717) is 13.0 Å². The first kappa shape index (κ1) is 19.6. The molecular weight excluding hydrogens is 370 g/mol. The molecule has 6 nitrogen and oxygen atoms in total. The molecule has 26 heavy (non-hydrogen) atoms. The molecule has 0 atom stereocenters. The monoisotopic (exact) mass is 384 g/mol. The number of hydrogen-bond donors (Lipinski definition) is 1. The number of halogens is 3. The molecule has 2 rings (SSSR count). The lowest BCUT2D eigenvalue weighted by atomic mass is 10.1. The topological polar surface area (TPSA) is 77.5 Å². The highest BCUT2D eigenvalue weighted by molar-refractivity contribution is 6.32. The maximum absolute atomic E-state index is 12.1. The number of carbonyl (C=O) groups excluding carboxylic acids is 2. The molecule has 1 aromatic heterocycles. The normalized spacial score (nSPS) is 10.5. The SMILES string of the molecule is O=C(COC(=O)c1cccnc1Cl)NCCc1ccc(OC(F)F)cc1. The predicted molar refractivity (Wildman–Crippen MR) is 89.3 cm³/mol. The van der Waals surface area contributed by atoms with Crippen LogP contribution in [0.1, 0.15) is 15.9 Å². The summed E-state index contributed by atoms with van der Waals surface area (Å²) < 4.78 is 33.2. The highest BCUT2D eigenvalue weighted by Crippen LogP contribution is 2.15. The molecule has 1 N–H and O–H groups in total. The van der Waals surface area contributed by atoms with Crippen LogP contribution in [0.5, 0.6) is 5.75 Å². The molecule has 2 aromatic rings. The van der Waals surface area contributed by atoms with Crippen molar-refractivity contribution >= 4 is 23.5 Å². The molecule has 1 heterocycles. The number of ether oxygens (including phenoxy) is 2. The van der Waals surface area contributed by atoms with E-state index in [0.717, 1.165) is 5.56 Å². The van der Waals surface area contributed by atoms with Crippen molar-refractivity contribution in [2.75, 3.05) is 13.2 Å². The number of nitrogens with one attached hydrogen (secondary N) is 1. The second-order valence-corrected chi connectivity index (χ2v) is 5.40. The van der Waals surface area contributed by atoms with Gasteiger partial charge in [-0.3, -0.25) is 4.79 Å². The average molecular weight is 385 g/mol. The Hall–Kier alpha value is -2.74. The maximum atomic E-state index is 12.1. The summed E-state index contributed by atoms with van der Waals surface area (Å²) in [4.78, 5) is 27.2. The molecule has 0 saturated heterocycles. The van der Waals surface area contributed by atoms with E-state index in [9.17, 15) is 18.4 Å². The van der Waals surface area contributed by atoms with Crippen LogP contribution in [0.15, 0.2) is 42.6 Å². The molecule has 0 aliphatic carbocycles. The van der Waals surface area contributed by atoms with E-state index in [2.05, 4.69) is 15.0 Å². The Labute approximate surface area is 153 Å². The Kier molecular flexibility index (Phi) is 7.28. The van der Waals surface area contributed by atoms with Crippen LogP contribution in [0.2, 0.25) is 5.15 Å². The standard InChI is InChI=1S/C17H15ClF2N2O4/c18-15-13(2-1-8-22-15)16(24)25-10-14(23)21-9-7-11-3-5-12(6-4-11)26-17(19)20/h1-6,8,17H,7,9-10H2,(H,21,23).